The van der Waals surface area contributed by atoms with Gasteiger partial charge in [-0.05, 0) is 6.42 Å². The van der Waals surface area contributed by atoms with E-state index in [2.05, 4.69) is 9.97 Å². The summed E-state index contributed by atoms with van der Waals surface area (Å²) >= 11 is 5.53. The van der Waals surface area contributed by atoms with Crippen molar-refractivity contribution in [3.63, 3.8) is 0 Å². The summed E-state index contributed by atoms with van der Waals surface area (Å²) in [5.41, 5.74) is -0.903. The molecule has 0 saturated heterocycles. The summed E-state index contributed by atoms with van der Waals surface area (Å²) in [5, 5.41) is 0.0528. The fourth-order valence-electron chi connectivity index (χ4n) is 0.899. The number of halogens is 1. The van der Waals surface area contributed by atoms with Crippen molar-refractivity contribution in [3.05, 3.63) is 27.4 Å². The standard InChI is InChI=1S/C9H11ClN2O3/c1-2-3-4-15-9(14)7-8(13)11-5-6(10)12-7/h5H,2-4H2,1H3,(H,11,13). The van der Waals surface area contributed by atoms with Crippen molar-refractivity contribution in [2.24, 2.45) is 0 Å². The predicted octanol–water partition coefficient (Wildman–Crippen LogP) is 1.38. The molecule has 1 aromatic rings. The van der Waals surface area contributed by atoms with Crippen LogP contribution in [0.5, 0.6) is 0 Å². The first-order chi connectivity index (χ1) is 7.15. The number of carbonyl (C=O) groups excluding carboxylic acids is 1. The lowest BCUT2D eigenvalue weighted by molar-refractivity contribution is 0.0490. The topological polar surface area (TPSA) is 72.0 Å². The molecule has 0 unspecified atom stereocenters. The van der Waals surface area contributed by atoms with Crippen molar-refractivity contribution in [3.8, 4) is 0 Å². The number of H-pyrrole nitrogens is 1. The molecule has 1 heterocycles. The molecule has 0 fully saturated rings. The SMILES string of the molecule is CCCCOC(=O)c1nc(Cl)c[nH]c1=O. The highest BCUT2D eigenvalue weighted by Gasteiger charge is 2.14. The molecule has 82 valence electrons. The highest BCUT2D eigenvalue weighted by molar-refractivity contribution is 6.29. The minimum atomic E-state index is -0.743. The fraction of sp³-hybridized carbons (Fsp3) is 0.444. The third-order valence-electron chi connectivity index (χ3n) is 1.68. The van der Waals surface area contributed by atoms with E-state index < -0.39 is 11.5 Å². The third-order valence-corrected chi connectivity index (χ3v) is 1.87. The summed E-state index contributed by atoms with van der Waals surface area (Å²) in [6, 6.07) is 0. The predicted molar refractivity (Wildman–Crippen MR) is 55.1 cm³/mol. The Balaban J connectivity index is 2.73. The van der Waals surface area contributed by atoms with Crippen molar-refractivity contribution in [1.29, 1.82) is 0 Å². The van der Waals surface area contributed by atoms with Gasteiger partial charge in [0.2, 0.25) is 5.69 Å². The van der Waals surface area contributed by atoms with Crippen LogP contribution in [0, 0.1) is 0 Å². The van der Waals surface area contributed by atoms with E-state index in [1.165, 1.54) is 6.20 Å². The minimum Gasteiger partial charge on any atom is -0.461 e. The zero-order valence-corrected chi connectivity index (χ0v) is 9.00. The summed E-state index contributed by atoms with van der Waals surface area (Å²) < 4.78 is 4.82. The summed E-state index contributed by atoms with van der Waals surface area (Å²) in [6.07, 6.45) is 2.88. The van der Waals surface area contributed by atoms with Gasteiger partial charge in [0.25, 0.3) is 5.56 Å². The van der Waals surface area contributed by atoms with Crippen LogP contribution in [0.2, 0.25) is 5.15 Å². The van der Waals surface area contributed by atoms with Gasteiger partial charge < -0.3 is 9.72 Å². The van der Waals surface area contributed by atoms with Crippen molar-refractivity contribution in [2.75, 3.05) is 6.61 Å². The van der Waals surface area contributed by atoms with E-state index in [0.29, 0.717) is 0 Å². The molecule has 1 aromatic heterocycles. The molecule has 0 bridgehead atoms. The molecular formula is C9H11ClN2O3. The first-order valence-electron chi connectivity index (χ1n) is 4.57. The van der Waals surface area contributed by atoms with Gasteiger partial charge in [-0.15, -0.1) is 0 Å². The molecule has 0 amide bonds. The van der Waals surface area contributed by atoms with Crippen LogP contribution in [0.25, 0.3) is 0 Å². The Kier molecular flexibility index (Phi) is 4.30. The molecule has 6 heteroatoms. The Morgan fingerprint density at radius 2 is 2.40 bits per heavy atom. The second kappa shape index (κ2) is 5.50. The van der Waals surface area contributed by atoms with Crippen LogP contribution < -0.4 is 5.56 Å². The van der Waals surface area contributed by atoms with Gasteiger partial charge in [-0.3, -0.25) is 4.79 Å². The third kappa shape index (κ3) is 3.36. The van der Waals surface area contributed by atoms with Gasteiger partial charge in [-0.2, -0.15) is 0 Å². The number of hydrogen-bond donors (Lipinski definition) is 1. The molecule has 5 nitrogen and oxygen atoms in total. The maximum absolute atomic E-state index is 11.3. The Bertz CT molecular complexity index is 403. The number of unbranched alkanes of at least 4 members (excludes halogenated alkanes) is 1. The van der Waals surface area contributed by atoms with E-state index in [1.54, 1.807) is 0 Å². The lowest BCUT2D eigenvalue weighted by atomic mass is 10.3. The first kappa shape index (κ1) is 11.7. The molecule has 0 aliphatic heterocycles. The number of aromatic nitrogens is 2. The van der Waals surface area contributed by atoms with Gasteiger partial charge in [-0.25, -0.2) is 9.78 Å². The number of rotatable bonds is 4. The average molecular weight is 231 g/mol. The maximum Gasteiger partial charge on any atom is 0.362 e. The second-order valence-corrected chi connectivity index (χ2v) is 3.28. The van der Waals surface area contributed by atoms with Gasteiger partial charge >= 0.3 is 5.97 Å². The first-order valence-corrected chi connectivity index (χ1v) is 4.95. The summed E-state index contributed by atoms with van der Waals surface area (Å²) in [7, 11) is 0. The highest BCUT2D eigenvalue weighted by Crippen LogP contribution is 2.00. The zero-order valence-electron chi connectivity index (χ0n) is 8.25. The van der Waals surface area contributed by atoms with Gasteiger partial charge in [0.1, 0.15) is 5.15 Å². The van der Waals surface area contributed by atoms with Gasteiger partial charge in [-0.1, -0.05) is 24.9 Å². The maximum atomic E-state index is 11.3. The number of carbonyl (C=O) groups is 1. The van der Waals surface area contributed by atoms with Crippen LogP contribution in [0.15, 0.2) is 11.0 Å². The molecule has 0 saturated carbocycles. The van der Waals surface area contributed by atoms with E-state index in [9.17, 15) is 9.59 Å². The number of aromatic amines is 1. The second-order valence-electron chi connectivity index (χ2n) is 2.89. The molecular weight excluding hydrogens is 220 g/mol. The van der Waals surface area contributed by atoms with E-state index >= 15 is 0 Å². The Labute approximate surface area is 91.4 Å². The van der Waals surface area contributed by atoms with Crippen molar-refractivity contribution in [2.45, 2.75) is 19.8 Å². The smallest absolute Gasteiger partial charge is 0.362 e. The van der Waals surface area contributed by atoms with Crippen LogP contribution in [0.4, 0.5) is 0 Å². The van der Waals surface area contributed by atoms with Crippen LogP contribution in [0.3, 0.4) is 0 Å². The van der Waals surface area contributed by atoms with Crippen molar-refractivity contribution in [1.82, 2.24) is 9.97 Å². The Hall–Kier alpha value is -1.36. The number of nitrogens with zero attached hydrogens (tertiary/aromatic N) is 1. The molecule has 1 rings (SSSR count). The lowest BCUT2D eigenvalue weighted by Gasteiger charge is -2.02. The Morgan fingerprint density at radius 3 is 3.07 bits per heavy atom. The van der Waals surface area contributed by atoms with Crippen LogP contribution in [-0.4, -0.2) is 22.5 Å². The summed E-state index contributed by atoms with van der Waals surface area (Å²) in [4.78, 5) is 28.4. The summed E-state index contributed by atoms with van der Waals surface area (Å²) in [5.74, 6) is -0.743. The van der Waals surface area contributed by atoms with Gasteiger partial charge in [0, 0.05) is 6.20 Å². The number of nitrogens with one attached hydrogen (secondary N) is 1. The quantitative estimate of drug-likeness (QED) is 0.627. The van der Waals surface area contributed by atoms with E-state index in [1.807, 2.05) is 6.92 Å². The van der Waals surface area contributed by atoms with E-state index in [0.717, 1.165) is 12.8 Å². The summed E-state index contributed by atoms with van der Waals surface area (Å²) in [6.45, 7) is 2.25. The molecule has 0 aliphatic rings. The van der Waals surface area contributed by atoms with Crippen molar-refractivity contribution >= 4 is 17.6 Å². The average Bonchev–Trinajstić information content (AvgIpc) is 2.22. The van der Waals surface area contributed by atoms with Gasteiger partial charge in [0.15, 0.2) is 0 Å². The van der Waals surface area contributed by atoms with Gasteiger partial charge in [0.05, 0.1) is 6.61 Å². The molecule has 0 atom stereocenters. The zero-order chi connectivity index (χ0) is 11.3. The molecule has 0 aromatic carbocycles. The minimum absolute atomic E-state index is 0.0528. The number of ether oxygens (including phenoxy) is 1. The fourth-order valence-corrected chi connectivity index (χ4v) is 1.04. The normalized spacial score (nSPS) is 10.0. The van der Waals surface area contributed by atoms with E-state index in [-0.39, 0.29) is 17.5 Å². The molecule has 0 spiro atoms. The van der Waals surface area contributed by atoms with Crippen LogP contribution in [0.1, 0.15) is 30.3 Å². The Morgan fingerprint density at radius 1 is 1.67 bits per heavy atom. The van der Waals surface area contributed by atoms with Crippen LogP contribution >= 0.6 is 11.6 Å². The van der Waals surface area contributed by atoms with E-state index in [4.69, 9.17) is 16.3 Å². The monoisotopic (exact) mass is 230 g/mol. The number of hydrogen-bond acceptors (Lipinski definition) is 4. The molecule has 0 aliphatic carbocycles. The molecule has 0 radical (unpaired) electrons. The highest BCUT2D eigenvalue weighted by atomic mass is 35.5. The van der Waals surface area contributed by atoms with Crippen LogP contribution in [-0.2, 0) is 4.74 Å². The lowest BCUT2D eigenvalue weighted by Crippen LogP contribution is -2.21. The number of esters is 1. The largest absolute Gasteiger partial charge is 0.461 e. The molecule has 1 N–H and O–H groups in total. The van der Waals surface area contributed by atoms with Crippen molar-refractivity contribution < 1.29 is 9.53 Å². The molecule has 15 heavy (non-hydrogen) atoms.